The molecule has 3 N–H and O–H groups in total. The van der Waals surface area contributed by atoms with Gasteiger partial charge in [0.1, 0.15) is 11.3 Å². The Morgan fingerprint density at radius 3 is 2.63 bits per heavy atom. The van der Waals surface area contributed by atoms with Crippen LogP contribution in [0.3, 0.4) is 0 Å². The number of hydrogen-bond acceptors (Lipinski definition) is 7. The zero-order valence-electron chi connectivity index (χ0n) is 19.2. The third-order valence-electron chi connectivity index (χ3n) is 6.82. The van der Waals surface area contributed by atoms with Gasteiger partial charge in [0.15, 0.2) is 23.1 Å². The van der Waals surface area contributed by atoms with E-state index in [1.807, 2.05) is 9.80 Å². The van der Waals surface area contributed by atoms with E-state index in [0.29, 0.717) is 31.8 Å². The summed E-state index contributed by atoms with van der Waals surface area (Å²) < 4.78 is 29.4. The topological polar surface area (TPSA) is 122 Å². The third kappa shape index (κ3) is 4.24. The highest BCUT2D eigenvalue weighted by Crippen LogP contribution is 2.34. The summed E-state index contributed by atoms with van der Waals surface area (Å²) in [4.78, 5) is 37.3. The molecule has 12 heteroatoms. The van der Waals surface area contributed by atoms with Crippen molar-refractivity contribution < 1.29 is 18.4 Å². The number of anilines is 3. The zero-order chi connectivity index (χ0) is 24.7. The molecular weight excluding hydrogens is 458 g/mol. The second kappa shape index (κ2) is 9.08. The fraction of sp³-hybridized carbons (Fsp3) is 0.435. The molecular formula is C23H26F2N8O2. The summed E-state index contributed by atoms with van der Waals surface area (Å²) in [6, 6.07) is 0. The van der Waals surface area contributed by atoms with Crippen molar-refractivity contribution in [2.24, 2.45) is 11.8 Å². The average Bonchev–Trinajstić information content (AvgIpc) is 3.13. The molecule has 0 saturated carbocycles. The Bertz CT molecular complexity index is 1280. The summed E-state index contributed by atoms with van der Waals surface area (Å²) in [5, 5.41) is 6.58. The van der Waals surface area contributed by atoms with Crippen molar-refractivity contribution in [3.05, 3.63) is 42.0 Å². The van der Waals surface area contributed by atoms with Gasteiger partial charge in [0, 0.05) is 32.1 Å². The standard InChI is InChI=1S/C23H26F2N8O2/c1-2-13-10-32(11-13)23(35)14-3-5-31(6-4-14)19-16(25)8-27-9-17(19)29-22(34)18-20(26)30-33-12-15(24)7-28-21(18)33/h7-9,12-14H,2-6,10-11H2,1H3,(H2,26,30)(H,29,34). The van der Waals surface area contributed by atoms with Gasteiger partial charge in [-0.2, -0.15) is 0 Å². The summed E-state index contributed by atoms with van der Waals surface area (Å²) in [5.41, 5.74) is 6.26. The highest BCUT2D eigenvalue weighted by molar-refractivity contribution is 6.12. The van der Waals surface area contributed by atoms with Gasteiger partial charge in [-0.25, -0.2) is 18.3 Å². The molecule has 0 aromatic carbocycles. The molecule has 184 valence electrons. The van der Waals surface area contributed by atoms with Gasteiger partial charge in [-0.3, -0.25) is 14.6 Å². The number of amides is 2. The van der Waals surface area contributed by atoms with Crippen molar-refractivity contribution in [1.82, 2.24) is 24.5 Å². The molecule has 5 rings (SSSR count). The SMILES string of the molecule is CCC1CN(C(=O)C2CCN(c3c(F)cncc3NC(=O)c3c(N)nn4cc(F)cnc34)CC2)C1. The van der Waals surface area contributed by atoms with Crippen LogP contribution >= 0.6 is 0 Å². The molecule has 0 spiro atoms. The van der Waals surface area contributed by atoms with E-state index in [1.165, 1.54) is 6.20 Å². The van der Waals surface area contributed by atoms with Gasteiger partial charge < -0.3 is 20.9 Å². The first kappa shape index (κ1) is 22.9. The summed E-state index contributed by atoms with van der Waals surface area (Å²) >= 11 is 0. The first-order chi connectivity index (χ1) is 16.9. The number of rotatable bonds is 5. The highest BCUT2D eigenvalue weighted by Gasteiger charge is 2.35. The van der Waals surface area contributed by atoms with E-state index in [1.54, 1.807) is 0 Å². The molecule has 0 aliphatic carbocycles. The highest BCUT2D eigenvalue weighted by atomic mass is 19.1. The molecule has 2 aliphatic heterocycles. The van der Waals surface area contributed by atoms with Crippen molar-refractivity contribution in [2.75, 3.05) is 42.1 Å². The van der Waals surface area contributed by atoms with E-state index in [4.69, 9.17) is 5.73 Å². The summed E-state index contributed by atoms with van der Waals surface area (Å²) in [5.74, 6) is -1.35. The third-order valence-corrected chi connectivity index (χ3v) is 6.82. The molecule has 2 aliphatic rings. The molecule has 0 bridgehead atoms. The lowest BCUT2D eigenvalue weighted by atomic mass is 9.90. The predicted octanol–water partition coefficient (Wildman–Crippen LogP) is 2.32. The first-order valence-corrected chi connectivity index (χ1v) is 11.6. The van der Waals surface area contributed by atoms with E-state index < -0.39 is 17.5 Å². The lowest BCUT2D eigenvalue weighted by Gasteiger charge is -2.42. The Morgan fingerprint density at radius 2 is 1.91 bits per heavy atom. The number of pyridine rings is 1. The lowest BCUT2D eigenvalue weighted by molar-refractivity contribution is -0.142. The van der Waals surface area contributed by atoms with Gasteiger partial charge >= 0.3 is 0 Å². The number of carbonyl (C=O) groups is 2. The number of hydrogen-bond donors (Lipinski definition) is 2. The number of aromatic nitrogens is 4. The van der Waals surface area contributed by atoms with Crippen LogP contribution in [-0.4, -0.2) is 62.5 Å². The van der Waals surface area contributed by atoms with Crippen LogP contribution in [0, 0.1) is 23.5 Å². The van der Waals surface area contributed by atoms with Crippen molar-refractivity contribution in [2.45, 2.75) is 26.2 Å². The van der Waals surface area contributed by atoms with Gasteiger partial charge in [0.05, 0.1) is 30.5 Å². The van der Waals surface area contributed by atoms with E-state index in [-0.39, 0.29) is 40.2 Å². The number of nitrogens with two attached hydrogens (primary N) is 1. The van der Waals surface area contributed by atoms with Crippen LogP contribution in [0.25, 0.3) is 5.65 Å². The largest absolute Gasteiger partial charge is 0.381 e. The molecule has 0 atom stereocenters. The number of carbonyl (C=O) groups excluding carboxylic acids is 2. The van der Waals surface area contributed by atoms with Crippen LogP contribution < -0.4 is 16.0 Å². The number of nitrogens with zero attached hydrogens (tertiary/aromatic N) is 6. The number of piperidine rings is 1. The Labute approximate surface area is 200 Å². The quantitative estimate of drug-likeness (QED) is 0.570. The molecule has 5 heterocycles. The summed E-state index contributed by atoms with van der Waals surface area (Å²) in [7, 11) is 0. The van der Waals surface area contributed by atoms with E-state index in [0.717, 1.165) is 42.6 Å². The summed E-state index contributed by atoms with van der Waals surface area (Å²) in [6.07, 6.45) is 6.71. The van der Waals surface area contributed by atoms with Crippen LogP contribution in [0.15, 0.2) is 24.8 Å². The second-order valence-electron chi connectivity index (χ2n) is 9.05. The first-order valence-electron chi connectivity index (χ1n) is 11.6. The molecule has 2 amide bonds. The average molecular weight is 485 g/mol. The predicted molar refractivity (Wildman–Crippen MR) is 125 cm³/mol. The lowest BCUT2D eigenvalue weighted by Crippen LogP contribution is -2.53. The monoisotopic (exact) mass is 484 g/mol. The zero-order valence-corrected chi connectivity index (χ0v) is 19.2. The van der Waals surface area contributed by atoms with Crippen molar-refractivity contribution in [1.29, 1.82) is 0 Å². The summed E-state index contributed by atoms with van der Waals surface area (Å²) in [6.45, 7) is 4.69. The molecule has 2 saturated heterocycles. The molecule has 3 aromatic rings. The van der Waals surface area contributed by atoms with Gasteiger partial charge in [0.25, 0.3) is 5.91 Å². The molecule has 0 unspecified atom stereocenters. The van der Waals surface area contributed by atoms with Gasteiger partial charge in [0.2, 0.25) is 5.91 Å². The van der Waals surface area contributed by atoms with E-state index >= 15 is 0 Å². The number of nitrogens with one attached hydrogen (secondary N) is 1. The van der Waals surface area contributed by atoms with Crippen LogP contribution in [0.4, 0.5) is 26.0 Å². The maximum Gasteiger partial charge on any atom is 0.263 e. The Morgan fingerprint density at radius 1 is 1.17 bits per heavy atom. The maximum atomic E-state index is 14.9. The van der Waals surface area contributed by atoms with Gasteiger partial charge in [-0.05, 0) is 25.2 Å². The second-order valence-corrected chi connectivity index (χ2v) is 9.05. The van der Waals surface area contributed by atoms with Crippen LogP contribution in [-0.2, 0) is 4.79 Å². The molecule has 35 heavy (non-hydrogen) atoms. The minimum absolute atomic E-state index is 0.0514. The van der Waals surface area contributed by atoms with E-state index in [2.05, 4.69) is 27.3 Å². The van der Waals surface area contributed by atoms with Crippen LogP contribution in [0.2, 0.25) is 0 Å². The minimum Gasteiger partial charge on any atom is -0.381 e. The minimum atomic E-state index is -0.668. The van der Waals surface area contributed by atoms with Gasteiger partial charge in [-0.15, -0.1) is 5.10 Å². The fourth-order valence-electron chi connectivity index (χ4n) is 4.79. The Hall–Kier alpha value is -3.83. The van der Waals surface area contributed by atoms with Crippen molar-refractivity contribution in [3.63, 3.8) is 0 Å². The smallest absolute Gasteiger partial charge is 0.263 e. The van der Waals surface area contributed by atoms with Crippen molar-refractivity contribution >= 4 is 34.7 Å². The number of nitrogen functional groups attached to an aromatic ring is 1. The number of halogens is 2. The molecule has 2 fully saturated rings. The number of likely N-dealkylation sites (tertiary alicyclic amines) is 1. The Kier molecular flexibility index (Phi) is 5.95. The molecule has 10 nitrogen and oxygen atoms in total. The fourth-order valence-corrected chi connectivity index (χ4v) is 4.79. The normalized spacial score (nSPS) is 17.0. The maximum absolute atomic E-state index is 14.9. The van der Waals surface area contributed by atoms with E-state index in [9.17, 15) is 18.4 Å². The van der Waals surface area contributed by atoms with Crippen LogP contribution in [0.1, 0.15) is 36.5 Å². The number of fused-ring (bicyclic) bond motifs is 1. The molecule has 3 aromatic heterocycles. The van der Waals surface area contributed by atoms with Crippen molar-refractivity contribution in [3.8, 4) is 0 Å². The Balaban J connectivity index is 1.32. The van der Waals surface area contributed by atoms with Crippen LogP contribution in [0.5, 0.6) is 0 Å². The molecule has 0 radical (unpaired) electrons. The van der Waals surface area contributed by atoms with Gasteiger partial charge in [-0.1, -0.05) is 6.92 Å².